The van der Waals surface area contributed by atoms with Gasteiger partial charge in [-0.1, -0.05) is 28.9 Å². The number of hydrogen-bond acceptors (Lipinski definition) is 7. The SMILES string of the molecule is C=CC[C@H](OS(C)(=O)=O)[C@H]1C[C@H]2OC(=O)O[C@@H]2C[C@H](Br)[C@@H](CC)O1. The second kappa shape index (κ2) is 8.16. The summed E-state index contributed by atoms with van der Waals surface area (Å²) in [7, 11) is -3.66. The van der Waals surface area contributed by atoms with Crippen LogP contribution in [0.5, 0.6) is 0 Å². The topological polar surface area (TPSA) is 88.1 Å². The maximum absolute atomic E-state index is 11.6. The highest BCUT2D eigenvalue weighted by atomic mass is 79.9. The molecule has 24 heavy (non-hydrogen) atoms. The average Bonchev–Trinajstić information content (AvgIpc) is 2.78. The highest BCUT2D eigenvalue weighted by Gasteiger charge is 2.45. The van der Waals surface area contributed by atoms with Gasteiger partial charge in [0.2, 0.25) is 0 Å². The van der Waals surface area contributed by atoms with E-state index in [-0.39, 0.29) is 17.0 Å². The summed E-state index contributed by atoms with van der Waals surface area (Å²) in [5, 5.41) is 0. The molecule has 138 valence electrons. The molecule has 0 unspecified atom stereocenters. The molecule has 7 nitrogen and oxygen atoms in total. The van der Waals surface area contributed by atoms with Gasteiger partial charge in [0, 0.05) is 17.7 Å². The van der Waals surface area contributed by atoms with Crippen molar-refractivity contribution in [2.24, 2.45) is 0 Å². The summed E-state index contributed by atoms with van der Waals surface area (Å²) < 4.78 is 44.9. The van der Waals surface area contributed by atoms with Gasteiger partial charge in [-0.15, -0.1) is 6.58 Å². The molecule has 0 amide bonds. The number of ether oxygens (including phenoxy) is 3. The molecular formula is C15H23BrO7S. The Hall–Kier alpha value is -0.640. The van der Waals surface area contributed by atoms with Crippen molar-refractivity contribution >= 4 is 32.2 Å². The van der Waals surface area contributed by atoms with E-state index in [0.717, 1.165) is 12.7 Å². The minimum absolute atomic E-state index is 0.0464. The first-order valence-electron chi connectivity index (χ1n) is 7.89. The van der Waals surface area contributed by atoms with Crippen LogP contribution in [0.25, 0.3) is 0 Å². The molecule has 2 rings (SSSR count). The van der Waals surface area contributed by atoms with E-state index in [9.17, 15) is 13.2 Å². The molecular weight excluding hydrogens is 404 g/mol. The maximum Gasteiger partial charge on any atom is 0.509 e. The molecule has 0 aliphatic carbocycles. The van der Waals surface area contributed by atoms with Crippen LogP contribution in [-0.4, -0.2) is 56.2 Å². The second-order valence-corrected chi connectivity index (χ2v) is 8.81. The first kappa shape index (κ1) is 19.7. The fraction of sp³-hybridized carbons (Fsp3) is 0.800. The zero-order chi connectivity index (χ0) is 17.9. The Kier molecular flexibility index (Phi) is 6.69. The Labute approximate surface area is 150 Å². The summed E-state index contributed by atoms with van der Waals surface area (Å²) >= 11 is 3.58. The predicted molar refractivity (Wildman–Crippen MR) is 90.6 cm³/mol. The number of fused-ring (bicyclic) bond motifs is 1. The van der Waals surface area contributed by atoms with Gasteiger partial charge in [-0.3, -0.25) is 4.18 Å². The van der Waals surface area contributed by atoms with E-state index in [0.29, 0.717) is 19.3 Å². The predicted octanol–water partition coefficient (Wildman–Crippen LogP) is 2.53. The third kappa shape index (κ3) is 5.18. The second-order valence-electron chi connectivity index (χ2n) is 6.03. The largest absolute Gasteiger partial charge is 0.509 e. The Morgan fingerprint density at radius 3 is 2.54 bits per heavy atom. The summed E-state index contributed by atoms with van der Waals surface area (Å²) in [4.78, 5) is 11.4. The molecule has 2 fully saturated rings. The Morgan fingerprint density at radius 1 is 1.38 bits per heavy atom. The van der Waals surface area contributed by atoms with Crippen LogP contribution in [-0.2, 0) is 28.5 Å². The lowest BCUT2D eigenvalue weighted by Crippen LogP contribution is -2.45. The lowest BCUT2D eigenvalue weighted by Gasteiger charge is -2.36. The van der Waals surface area contributed by atoms with Crippen molar-refractivity contribution in [2.75, 3.05) is 6.26 Å². The average molecular weight is 427 g/mol. The van der Waals surface area contributed by atoms with Crippen LogP contribution < -0.4 is 0 Å². The summed E-state index contributed by atoms with van der Waals surface area (Å²) in [6.07, 6.45) is 1.44. The van der Waals surface area contributed by atoms with Crippen molar-refractivity contribution in [1.29, 1.82) is 0 Å². The van der Waals surface area contributed by atoms with E-state index in [4.69, 9.17) is 18.4 Å². The van der Waals surface area contributed by atoms with Gasteiger partial charge in [0.1, 0.15) is 18.3 Å². The quantitative estimate of drug-likeness (QED) is 0.279. The smallest absolute Gasteiger partial charge is 0.427 e. The maximum atomic E-state index is 11.6. The van der Waals surface area contributed by atoms with Crippen molar-refractivity contribution < 1.29 is 31.6 Å². The zero-order valence-corrected chi connectivity index (χ0v) is 16.1. The van der Waals surface area contributed by atoms with Crippen LogP contribution in [0, 0.1) is 0 Å². The monoisotopic (exact) mass is 426 g/mol. The van der Waals surface area contributed by atoms with Gasteiger partial charge in [-0.25, -0.2) is 4.79 Å². The van der Waals surface area contributed by atoms with E-state index in [1.54, 1.807) is 6.08 Å². The van der Waals surface area contributed by atoms with Gasteiger partial charge in [-0.2, -0.15) is 8.42 Å². The molecule has 2 aliphatic heterocycles. The van der Waals surface area contributed by atoms with Crippen LogP contribution in [0.2, 0.25) is 0 Å². The van der Waals surface area contributed by atoms with Gasteiger partial charge in [0.25, 0.3) is 10.1 Å². The van der Waals surface area contributed by atoms with E-state index in [2.05, 4.69) is 22.5 Å². The van der Waals surface area contributed by atoms with E-state index >= 15 is 0 Å². The summed E-state index contributed by atoms with van der Waals surface area (Å²) in [5.41, 5.74) is 0. The third-order valence-electron chi connectivity index (χ3n) is 4.10. The number of hydrogen-bond donors (Lipinski definition) is 0. The summed E-state index contributed by atoms with van der Waals surface area (Å²) in [5.74, 6) is 0. The van der Waals surface area contributed by atoms with Crippen molar-refractivity contribution in [3.05, 3.63) is 12.7 Å². The molecule has 0 spiro atoms. The first-order chi connectivity index (χ1) is 11.2. The number of carbonyl (C=O) groups excluding carboxylic acids is 1. The molecule has 0 bridgehead atoms. The Balaban J connectivity index is 2.25. The number of alkyl halides is 1. The Morgan fingerprint density at radius 2 is 2.00 bits per heavy atom. The molecule has 0 N–H and O–H groups in total. The van der Waals surface area contributed by atoms with Crippen LogP contribution in [0.4, 0.5) is 4.79 Å². The van der Waals surface area contributed by atoms with Crippen LogP contribution in [0.3, 0.4) is 0 Å². The molecule has 9 heteroatoms. The zero-order valence-electron chi connectivity index (χ0n) is 13.7. The molecule has 6 atom stereocenters. The fourth-order valence-electron chi connectivity index (χ4n) is 3.03. The Bertz CT molecular complexity index is 564. The fourth-order valence-corrected chi connectivity index (χ4v) is 4.55. The number of carbonyl (C=O) groups is 1. The number of halogens is 1. The number of rotatable bonds is 6. The molecule has 2 aliphatic rings. The van der Waals surface area contributed by atoms with Gasteiger partial charge < -0.3 is 14.2 Å². The normalized spacial score (nSPS) is 35.1. The third-order valence-corrected chi connectivity index (χ3v) is 5.66. The molecule has 0 aromatic carbocycles. The van der Waals surface area contributed by atoms with Gasteiger partial charge in [0.15, 0.2) is 0 Å². The van der Waals surface area contributed by atoms with Crippen LogP contribution in [0.1, 0.15) is 32.6 Å². The highest BCUT2D eigenvalue weighted by molar-refractivity contribution is 9.09. The molecule has 0 aromatic rings. The molecule has 0 radical (unpaired) electrons. The molecule has 0 saturated carbocycles. The standard InChI is InChI=1S/C15H23BrO7S/c1-4-6-11(23-24(3,18)19)13-8-14-12(21-15(17)22-14)7-9(16)10(5-2)20-13/h4,9-14H,1,5-8H2,2-3H3/t9-,10+,11-,12+,13+,14+/m0/s1. The van der Waals surface area contributed by atoms with E-state index < -0.39 is 34.6 Å². The molecule has 0 aromatic heterocycles. The highest BCUT2D eigenvalue weighted by Crippen LogP contribution is 2.34. The van der Waals surface area contributed by atoms with E-state index in [1.165, 1.54) is 0 Å². The first-order valence-corrected chi connectivity index (χ1v) is 10.6. The van der Waals surface area contributed by atoms with E-state index in [1.807, 2.05) is 6.92 Å². The van der Waals surface area contributed by atoms with Crippen molar-refractivity contribution in [3.8, 4) is 0 Å². The summed E-state index contributed by atoms with van der Waals surface area (Å²) in [6.45, 7) is 5.63. The van der Waals surface area contributed by atoms with Crippen LogP contribution >= 0.6 is 15.9 Å². The van der Waals surface area contributed by atoms with Crippen LogP contribution in [0.15, 0.2) is 12.7 Å². The van der Waals surface area contributed by atoms with Crippen molar-refractivity contribution in [2.45, 2.75) is 68.0 Å². The van der Waals surface area contributed by atoms with Gasteiger partial charge in [0.05, 0.1) is 18.5 Å². The lowest BCUT2D eigenvalue weighted by molar-refractivity contribution is -0.0974. The molecule has 2 saturated heterocycles. The summed E-state index contributed by atoms with van der Waals surface area (Å²) in [6, 6.07) is 0. The lowest BCUT2D eigenvalue weighted by atomic mass is 9.94. The van der Waals surface area contributed by atoms with Crippen molar-refractivity contribution in [1.82, 2.24) is 0 Å². The molecule has 2 heterocycles. The minimum atomic E-state index is -3.66. The minimum Gasteiger partial charge on any atom is -0.427 e. The van der Waals surface area contributed by atoms with Gasteiger partial charge in [-0.05, 0) is 12.8 Å². The van der Waals surface area contributed by atoms with Gasteiger partial charge >= 0.3 is 6.16 Å². The van der Waals surface area contributed by atoms with Crippen molar-refractivity contribution in [3.63, 3.8) is 0 Å².